The number of nitrogens with one attached hydrogen (secondary N) is 2. The van der Waals surface area contributed by atoms with Gasteiger partial charge in [-0.3, -0.25) is 4.98 Å². The van der Waals surface area contributed by atoms with E-state index in [1.54, 1.807) is 0 Å². The van der Waals surface area contributed by atoms with E-state index in [1.807, 2.05) is 13.1 Å². The van der Waals surface area contributed by atoms with Crippen LogP contribution >= 0.6 is 0 Å². The van der Waals surface area contributed by atoms with Crippen molar-refractivity contribution in [3.8, 4) is 0 Å². The Morgan fingerprint density at radius 3 is 2.63 bits per heavy atom. The minimum atomic E-state index is 0.568. The molecule has 1 aliphatic rings. The van der Waals surface area contributed by atoms with Gasteiger partial charge >= 0.3 is 0 Å². The molecule has 0 amide bonds. The zero-order valence-electron chi connectivity index (χ0n) is 17.2. The first-order chi connectivity index (χ1) is 13.1. The van der Waals surface area contributed by atoms with E-state index in [0.717, 1.165) is 45.4 Å². The van der Waals surface area contributed by atoms with Crippen LogP contribution in [0.2, 0.25) is 0 Å². The summed E-state index contributed by atoms with van der Waals surface area (Å²) in [7, 11) is 0. The number of nitrogens with zero attached hydrogens (tertiary/aromatic N) is 1. The van der Waals surface area contributed by atoms with E-state index in [1.165, 1.54) is 34.4 Å². The number of fused-ring (bicyclic) bond motifs is 1. The highest BCUT2D eigenvalue weighted by atomic mass is 15.0. The zero-order valence-corrected chi connectivity index (χ0v) is 17.2. The Bertz CT molecular complexity index is 667. The molecule has 2 heterocycles. The number of hydrogen-bond donors (Lipinski definition) is 3. The van der Waals surface area contributed by atoms with Crippen molar-refractivity contribution < 1.29 is 0 Å². The van der Waals surface area contributed by atoms with Gasteiger partial charge in [0.2, 0.25) is 0 Å². The maximum atomic E-state index is 5.48. The Morgan fingerprint density at radius 1 is 1.11 bits per heavy atom. The van der Waals surface area contributed by atoms with Crippen LogP contribution in [0.15, 0.2) is 36.5 Å². The topological polar surface area (TPSA) is 63.0 Å². The van der Waals surface area contributed by atoms with E-state index in [-0.39, 0.29) is 0 Å². The Hall–Kier alpha value is -1.75. The number of hydrogen-bond acceptors (Lipinski definition) is 4. The van der Waals surface area contributed by atoms with Gasteiger partial charge in [0.25, 0.3) is 0 Å². The summed E-state index contributed by atoms with van der Waals surface area (Å²) in [6.45, 7) is 10.3. The normalized spacial score (nSPS) is 15.6. The van der Waals surface area contributed by atoms with Crippen LogP contribution in [0, 0.1) is 13.8 Å². The summed E-state index contributed by atoms with van der Waals surface area (Å²) < 4.78 is 0. The quantitative estimate of drug-likeness (QED) is 0.656. The lowest BCUT2D eigenvalue weighted by atomic mass is 9.94. The van der Waals surface area contributed by atoms with Gasteiger partial charge in [0.1, 0.15) is 0 Å². The van der Waals surface area contributed by atoms with Gasteiger partial charge in [-0.25, -0.2) is 0 Å². The van der Waals surface area contributed by atoms with Crippen molar-refractivity contribution in [1.82, 2.24) is 15.6 Å². The van der Waals surface area contributed by atoms with Crippen LogP contribution in [-0.2, 0) is 19.4 Å². The second-order valence-electron chi connectivity index (χ2n) is 7.43. The monoisotopic (exact) mass is 368 g/mol. The highest BCUT2D eigenvalue weighted by molar-refractivity contribution is 5.33. The SMILES string of the molecule is CCc1ccc(C)cn1.Cc1ccc2c(c1)CNC(CNCCCCN)C2. The number of pyridine rings is 1. The third-order valence-electron chi connectivity index (χ3n) is 4.94. The lowest BCUT2D eigenvalue weighted by Crippen LogP contribution is -2.43. The average molecular weight is 369 g/mol. The first-order valence-corrected chi connectivity index (χ1v) is 10.3. The van der Waals surface area contributed by atoms with Crippen LogP contribution < -0.4 is 16.4 Å². The van der Waals surface area contributed by atoms with Gasteiger partial charge in [-0.05, 0) is 75.4 Å². The van der Waals surface area contributed by atoms with Crippen molar-refractivity contribution in [3.05, 3.63) is 64.5 Å². The molecular weight excluding hydrogens is 332 g/mol. The van der Waals surface area contributed by atoms with Crippen LogP contribution in [-0.4, -0.2) is 30.7 Å². The summed E-state index contributed by atoms with van der Waals surface area (Å²) in [5.74, 6) is 0. The number of aryl methyl sites for hydroxylation is 3. The second-order valence-corrected chi connectivity index (χ2v) is 7.43. The number of rotatable bonds is 7. The Balaban J connectivity index is 0.000000244. The fraction of sp³-hybridized carbons (Fsp3) is 0.522. The predicted octanol–water partition coefficient (Wildman–Crippen LogP) is 3.29. The molecule has 0 fully saturated rings. The highest BCUT2D eigenvalue weighted by Crippen LogP contribution is 2.17. The minimum Gasteiger partial charge on any atom is -0.330 e. The molecule has 4 heteroatoms. The van der Waals surface area contributed by atoms with Gasteiger partial charge in [-0.2, -0.15) is 0 Å². The Morgan fingerprint density at radius 2 is 1.93 bits per heavy atom. The van der Waals surface area contributed by atoms with Crippen molar-refractivity contribution in [3.63, 3.8) is 0 Å². The largest absolute Gasteiger partial charge is 0.330 e. The van der Waals surface area contributed by atoms with Crippen LogP contribution in [0.1, 0.15) is 47.7 Å². The highest BCUT2D eigenvalue weighted by Gasteiger charge is 2.17. The molecule has 1 atom stereocenters. The predicted molar refractivity (Wildman–Crippen MR) is 115 cm³/mol. The first-order valence-electron chi connectivity index (χ1n) is 10.3. The van der Waals surface area contributed by atoms with Gasteiger partial charge in [-0.1, -0.05) is 36.8 Å². The van der Waals surface area contributed by atoms with Crippen LogP contribution in [0.5, 0.6) is 0 Å². The first kappa shape index (κ1) is 21.5. The third-order valence-corrected chi connectivity index (χ3v) is 4.94. The number of nitrogens with two attached hydrogens (primary N) is 1. The fourth-order valence-electron chi connectivity index (χ4n) is 3.23. The standard InChI is InChI=1S/C15H25N3.C8H11N/c1-12-4-5-13-9-15(18-10-14(13)8-12)11-17-7-3-2-6-16;1-3-8-5-4-7(2)6-9-8/h4-5,8,15,17-18H,2-3,6-7,9-11,16H2,1H3;4-6H,3H2,1-2H3. The molecule has 1 aliphatic heterocycles. The second kappa shape index (κ2) is 11.9. The molecule has 1 unspecified atom stereocenters. The minimum absolute atomic E-state index is 0.568. The van der Waals surface area contributed by atoms with Crippen LogP contribution in [0.25, 0.3) is 0 Å². The van der Waals surface area contributed by atoms with E-state index in [9.17, 15) is 0 Å². The summed E-state index contributed by atoms with van der Waals surface area (Å²) in [6, 6.07) is 11.5. The van der Waals surface area contributed by atoms with Gasteiger partial charge in [-0.15, -0.1) is 0 Å². The lowest BCUT2D eigenvalue weighted by molar-refractivity contribution is 0.445. The molecule has 0 bridgehead atoms. The molecule has 27 heavy (non-hydrogen) atoms. The molecule has 0 radical (unpaired) electrons. The van der Waals surface area contributed by atoms with Crippen molar-refractivity contribution in [2.24, 2.45) is 5.73 Å². The van der Waals surface area contributed by atoms with Gasteiger partial charge in [0, 0.05) is 31.0 Å². The van der Waals surface area contributed by atoms with Crippen LogP contribution in [0.4, 0.5) is 0 Å². The van der Waals surface area contributed by atoms with Crippen LogP contribution in [0.3, 0.4) is 0 Å². The van der Waals surface area contributed by atoms with Crippen molar-refractivity contribution in [2.45, 2.75) is 59.0 Å². The molecule has 0 saturated carbocycles. The summed E-state index contributed by atoms with van der Waals surface area (Å²) in [6.07, 6.45) is 6.37. The van der Waals surface area contributed by atoms with Gasteiger partial charge in [0.15, 0.2) is 0 Å². The summed E-state index contributed by atoms with van der Waals surface area (Å²) in [5.41, 5.74) is 12.2. The molecule has 2 aromatic rings. The maximum Gasteiger partial charge on any atom is 0.0401 e. The molecule has 0 saturated heterocycles. The molecule has 1 aromatic heterocycles. The third kappa shape index (κ3) is 7.79. The summed E-state index contributed by atoms with van der Waals surface area (Å²) in [4.78, 5) is 4.20. The van der Waals surface area contributed by atoms with Gasteiger partial charge < -0.3 is 16.4 Å². The number of benzene rings is 1. The van der Waals surface area contributed by atoms with Gasteiger partial charge in [0.05, 0.1) is 0 Å². The lowest BCUT2D eigenvalue weighted by Gasteiger charge is -2.26. The van der Waals surface area contributed by atoms with Crippen molar-refractivity contribution in [2.75, 3.05) is 19.6 Å². The Labute approximate surface area is 165 Å². The van der Waals surface area contributed by atoms with E-state index in [4.69, 9.17) is 5.73 Å². The van der Waals surface area contributed by atoms with E-state index >= 15 is 0 Å². The van der Waals surface area contributed by atoms with E-state index in [0.29, 0.717) is 6.04 Å². The smallest absolute Gasteiger partial charge is 0.0401 e. The average Bonchev–Trinajstić information content (AvgIpc) is 2.69. The molecule has 1 aromatic carbocycles. The molecule has 0 aliphatic carbocycles. The number of unbranched alkanes of at least 4 members (excludes halogenated alkanes) is 1. The zero-order chi connectivity index (χ0) is 19.5. The van der Waals surface area contributed by atoms with E-state index < -0.39 is 0 Å². The Kier molecular flexibility index (Phi) is 9.46. The molecule has 4 nitrogen and oxygen atoms in total. The summed E-state index contributed by atoms with van der Waals surface area (Å²) >= 11 is 0. The number of aromatic nitrogens is 1. The van der Waals surface area contributed by atoms with E-state index in [2.05, 4.69) is 59.8 Å². The van der Waals surface area contributed by atoms with Crippen molar-refractivity contribution >= 4 is 0 Å². The molecular formula is C23H36N4. The molecule has 148 valence electrons. The summed E-state index contributed by atoms with van der Waals surface area (Å²) in [5, 5.41) is 7.12. The maximum absolute atomic E-state index is 5.48. The molecule has 0 spiro atoms. The molecule has 4 N–H and O–H groups in total. The molecule has 3 rings (SSSR count). The fourth-order valence-corrected chi connectivity index (χ4v) is 3.23. The van der Waals surface area contributed by atoms with Crippen molar-refractivity contribution in [1.29, 1.82) is 0 Å².